The van der Waals surface area contributed by atoms with E-state index < -0.39 is 22.0 Å². The number of aliphatic carboxylic acids is 1. The van der Waals surface area contributed by atoms with Crippen LogP contribution >= 0.6 is 0 Å². The number of rotatable bonds is 11. The van der Waals surface area contributed by atoms with Crippen LogP contribution in [-0.4, -0.2) is 57.1 Å². The minimum absolute atomic E-state index is 0.0299. The fourth-order valence-electron chi connectivity index (χ4n) is 4.05. The summed E-state index contributed by atoms with van der Waals surface area (Å²) in [6.45, 7) is 1.82. The molecule has 3 aromatic rings. The first kappa shape index (κ1) is 27.1. The highest BCUT2D eigenvalue weighted by atomic mass is 32.2. The zero-order valence-electron chi connectivity index (χ0n) is 20.7. The molecule has 0 aromatic heterocycles. The zero-order chi connectivity index (χ0) is 27.0. The summed E-state index contributed by atoms with van der Waals surface area (Å²) >= 11 is 0. The summed E-state index contributed by atoms with van der Waals surface area (Å²) < 4.78 is 34.2. The highest BCUT2D eigenvalue weighted by Crippen LogP contribution is 2.23. The molecule has 0 aliphatic carbocycles. The van der Waals surface area contributed by atoms with Gasteiger partial charge in [0.1, 0.15) is 11.8 Å². The number of carbonyl (C=O) groups is 2. The predicted molar refractivity (Wildman–Crippen MR) is 144 cm³/mol. The second-order valence-corrected chi connectivity index (χ2v) is 10.5. The van der Waals surface area contributed by atoms with Crippen LogP contribution in [0.15, 0.2) is 76.6 Å². The first-order valence-electron chi connectivity index (χ1n) is 12.3. The van der Waals surface area contributed by atoms with Gasteiger partial charge in [-0.15, -0.1) is 0 Å². The maximum Gasteiger partial charge on any atom is 0.322 e. The number of ether oxygens (including phenoxy) is 1. The lowest BCUT2D eigenvalue weighted by molar-refractivity contribution is -0.139. The largest absolute Gasteiger partial charge is 0.494 e. The average molecular weight is 539 g/mol. The number of hydrogen-bond donors (Lipinski definition) is 4. The number of nitrogens with zero attached hydrogens (tertiary/aromatic N) is 1. The Kier molecular flexibility index (Phi) is 8.93. The van der Waals surface area contributed by atoms with Crippen molar-refractivity contribution in [2.45, 2.75) is 36.6 Å². The second-order valence-electron chi connectivity index (χ2n) is 8.85. The second kappa shape index (κ2) is 12.5. The fraction of sp³-hybridized carbons (Fsp3) is 0.296. The normalized spacial score (nSPS) is 14.3. The number of carboxylic acids is 1. The molecule has 38 heavy (non-hydrogen) atoms. The van der Waals surface area contributed by atoms with Crippen molar-refractivity contribution in [3.63, 3.8) is 0 Å². The Labute approximate surface area is 221 Å². The number of carboxylic acid groups (broad SMARTS) is 1. The molecule has 1 atom stereocenters. The van der Waals surface area contributed by atoms with Crippen LogP contribution in [0.25, 0.3) is 10.8 Å². The number of aliphatic imine (C=N–C) groups is 1. The van der Waals surface area contributed by atoms with Crippen molar-refractivity contribution in [3.05, 3.63) is 72.3 Å². The molecule has 3 aromatic carbocycles. The molecule has 0 unspecified atom stereocenters. The van der Waals surface area contributed by atoms with Gasteiger partial charge in [-0.25, -0.2) is 8.42 Å². The van der Waals surface area contributed by atoms with E-state index in [0.717, 1.165) is 18.4 Å². The summed E-state index contributed by atoms with van der Waals surface area (Å²) in [6, 6.07) is 17.3. The van der Waals surface area contributed by atoms with Crippen LogP contribution in [0.4, 0.5) is 0 Å². The van der Waals surface area contributed by atoms with Gasteiger partial charge < -0.3 is 15.2 Å². The highest BCUT2D eigenvalue weighted by Gasteiger charge is 2.27. The van der Waals surface area contributed by atoms with Gasteiger partial charge in [-0.2, -0.15) is 4.72 Å². The maximum absolute atomic E-state index is 13.1. The van der Waals surface area contributed by atoms with Gasteiger partial charge in [0.15, 0.2) is 5.96 Å². The predicted octanol–water partition coefficient (Wildman–Crippen LogP) is 2.44. The van der Waals surface area contributed by atoms with E-state index in [-0.39, 0.29) is 23.6 Å². The summed E-state index contributed by atoms with van der Waals surface area (Å²) in [5.41, 5.74) is 0.630. The molecular formula is C27H30N4O6S. The van der Waals surface area contributed by atoms with Gasteiger partial charge in [-0.1, -0.05) is 48.5 Å². The van der Waals surface area contributed by atoms with Crippen molar-refractivity contribution in [3.8, 4) is 5.75 Å². The maximum atomic E-state index is 13.1. The Morgan fingerprint density at radius 3 is 2.55 bits per heavy atom. The first-order chi connectivity index (χ1) is 18.3. The van der Waals surface area contributed by atoms with Gasteiger partial charge in [0.2, 0.25) is 15.9 Å². The van der Waals surface area contributed by atoms with E-state index in [1.807, 2.05) is 6.07 Å². The van der Waals surface area contributed by atoms with E-state index in [9.17, 15) is 23.1 Å². The first-order valence-corrected chi connectivity index (χ1v) is 13.8. The van der Waals surface area contributed by atoms with E-state index in [1.165, 1.54) is 6.07 Å². The Balaban J connectivity index is 1.30. The molecular weight excluding hydrogens is 508 g/mol. The Morgan fingerprint density at radius 2 is 1.82 bits per heavy atom. The highest BCUT2D eigenvalue weighted by molar-refractivity contribution is 7.89. The topological polar surface area (TPSA) is 146 Å². The SMILES string of the molecule is O=C(CCCOc1ccc(C[C@H](NS(=O)(=O)c2cccc3ccccc23)C(=O)O)cc1)NC1=NCCCN1. The van der Waals surface area contributed by atoms with Crippen molar-refractivity contribution in [1.29, 1.82) is 0 Å². The quantitative estimate of drug-likeness (QED) is 0.274. The van der Waals surface area contributed by atoms with Crippen molar-refractivity contribution in [1.82, 2.24) is 15.4 Å². The van der Waals surface area contributed by atoms with E-state index in [1.54, 1.807) is 54.6 Å². The summed E-state index contributed by atoms with van der Waals surface area (Å²) in [5.74, 6) is -0.336. The van der Waals surface area contributed by atoms with Crippen molar-refractivity contribution < 1.29 is 27.9 Å². The minimum atomic E-state index is -4.09. The van der Waals surface area contributed by atoms with Crippen LogP contribution in [0.1, 0.15) is 24.8 Å². The van der Waals surface area contributed by atoms with Crippen molar-refractivity contribution >= 4 is 38.6 Å². The molecule has 200 valence electrons. The van der Waals surface area contributed by atoms with Gasteiger partial charge in [-0.05, 0) is 48.4 Å². The van der Waals surface area contributed by atoms with Gasteiger partial charge in [0.25, 0.3) is 0 Å². The number of hydrogen-bond acceptors (Lipinski definition) is 7. The van der Waals surface area contributed by atoms with Gasteiger partial charge >= 0.3 is 5.97 Å². The molecule has 1 heterocycles. The van der Waals surface area contributed by atoms with Crippen LogP contribution < -0.4 is 20.1 Å². The molecule has 10 nitrogen and oxygen atoms in total. The molecule has 0 radical (unpaired) electrons. The molecule has 0 fully saturated rings. The zero-order valence-corrected chi connectivity index (χ0v) is 21.5. The van der Waals surface area contributed by atoms with Crippen LogP contribution in [0.5, 0.6) is 5.75 Å². The third-order valence-electron chi connectivity index (χ3n) is 5.97. The third kappa shape index (κ3) is 7.30. The molecule has 1 amide bonds. The monoisotopic (exact) mass is 538 g/mol. The molecule has 1 aliphatic rings. The van der Waals surface area contributed by atoms with Crippen LogP contribution in [0, 0.1) is 0 Å². The lowest BCUT2D eigenvalue weighted by Crippen LogP contribution is -2.43. The van der Waals surface area contributed by atoms with Crippen LogP contribution in [0.3, 0.4) is 0 Å². The smallest absolute Gasteiger partial charge is 0.322 e. The lowest BCUT2D eigenvalue weighted by atomic mass is 10.1. The van der Waals surface area contributed by atoms with Gasteiger partial charge in [-0.3, -0.25) is 19.9 Å². The van der Waals surface area contributed by atoms with Crippen LogP contribution in [0.2, 0.25) is 0 Å². The van der Waals surface area contributed by atoms with Crippen molar-refractivity contribution in [2.75, 3.05) is 19.7 Å². The Hall–Kier alpha value is -3.96. The molecule has 1 aliphatic heterocycles. The molecule has 0 saturated carbocycles. The molecule has 11 heteroatoms. The summed E-state index contributed by atoms with van der Waals surface area (Å²) in [7, 11) is -4.09. The molecule has 0 saturated heterocycles. The number of sulfonamides is 1. The summed E-state index contributed by atoms with van der Waals surface area (Å²) in [4.78, 5) is 28.1. The lowest BCUT2D eigenvalue weighted by Gasteiger charge is -2.16. The third-order valence-corrected chi connectivity index (χ3v) is 7.50. The molecule has 4 rings (SSSR count). The van der Waals surface area contributed by atoms with E-state index in [2.05, 4.69) is 20.3 Å². The van der Waals surface area contributed by atoms with Crippen molar-refractivity contribution in [2.24, 2.45) is 4.99 Å². The van der Waals surface area contributed by atoms with Gasteiger partial charge in [0.05, 0.1) is 11.5 Å². The summed E-state index contributed by atoms with van der Waals surface area (Å²) in [5, 5.41) is 16.7. The van der Waals surface area contributed by atoms with E-state index >= 15 is 0 Å². The number of fused-ring (bicyclic) bond motifs is 1. The van der Waals surface area contributed by atoms with Crippen LogP contribution in [-0.2, 0) is 26.0 Å². The Morgan fingerprint density at radius 1 is 1.05 bits per heavy atom. The fourth-order valence-corrected chi connectivity index (χ4v) is 5.47. The van der Waals surface area contributed by atoms with Gasteiger partial charge in [0, 0.05) is 24.9 Å². The number of guanidine groups is 1. The summed E-state index contributed by atoms with van der Waals surface area (Å²) in [6.07, 6.45) is 1.70. The number of amides is 1. The minimum Gasteiger partial charge on any atom is -0.494 e. The van der Waals surface area contributed by atoms with E-state index in [0.29, 0.717) is 42.2 Å². The standard InChI is InChI=1S/C27H30N4O6S/c32-25(30-27-28-15-5-16-29-27)10-4-17-37-21-13-11-19(12-14-21)18-23(26(33)34)31-38(35,36)24-9-3-7-20-6-1-2-8-22(20)24/h1-3,6-9,11-14,23,31H,4-5,10,15-18H2,(H,33,34)(H2,28,29,30,32)/t23-/m0/s1. The number of carbonyl (C=O) groups excluding carboxylic acids is 1. The molecule has 0 spiro atoms. The Bertz CT molecular complexity index is 1420. The molecule has 4 N–H and O–H groups in total. The average Bonchev–Trinajstić information content (AvgIpc) is 2.91. The van der Waals surface area contributed by atoms with E-state index in [4.69, 9.17) is 4.74 Å². The molecule has 0 bridgehead atoms. The number of nitrogens with one attached hydrogen (secondary N) is 3. The number of benzene rings is 3.